The van der Waals surface area contributed by atoms with Gasteiger partial charge in [0.15, 0.2) is 0 Å². The molecule has 0 aliphatic carbocycles. The highest BCUT2D eigenvalue weighted by Gasteiger charge is 2.18. The molecule has 17 heavy (non-hydrogen) atoms. The van der Waals surface area contributed by atoms with Gasteiger partial charge in [-0.05, 0) is 23.1 Å². The van der Waals surface area contributed by atoms with Crippen LogP contribution in [0.2, 0.25) is 0 Å². The van der Waals surface area contributed by atoms with Crippen LogP contribution < -0.4 is 5.32 Å². The first-order valence-electron chi connectivity index (χ1n) is 5.55. The molecule has 0 spiro atoms. The van der Waals surface area contributed by atoms with Crippen molar-refractivity contribution in [1.82, 2.24) is 5.32 Å². The summed E-state index contributed by atoms with van der Waals surface area (Å²) in [6.07, 6.45) is 0. The third-order valence-corrected chi connectivity index (χ3v) is 2.47. The fourth-order valence-electron chi connectivity index (χ4n) is 1.43. The molecule has 0 aromatic heterocycles. The van der Waals surface area contributed by atoms with Gasteiger partial charge in [-0.2, -0.15) is 0 Å². The molecule has 0 atom stereocenters. The zero-order chi connectivity index (χ0) is 13.1. The second-order valence-corrected chi connectivity index (χ2v) is 4.92. The van der Waals surface area contributed by atoms with Gasteiger partial charge in [0.1, 0.15) is 5.82 Å². The number of benzene rings is 1. The number of aliphatic hydroxyl groups excluding tert-OH is 1. The summed E-state index contributed by atoms with van der Waals surface area (Å²) in [6.45, 7) is 5.95. The molecule has 0 saturated heterocycles. The van der Waals surface area contributed by atoms with Crippen LogP contribution in [0.15, 0.2) is 18.2 Å². The Hall–Kier alpha value is -1.42. The summed E-state index contributed by atoms with van der Waals surface area (Å²) in [6, 6.07) is 4.54. The maximum absolute atomic E-state index is 13.5. The number of hydrogen-bond acceptors (Lipinski definition) is 2. The number of carbonyl (C=O) groups excluding carboxylic acids is 1. The highest BCUT2D eigenvalue weighted by molar-refractivity contribution is 5.94. The Kier molecular flexibility index (Phi) is 4.23. The Morgan fingerprint density at radius 3 is 2.59 bits per heavy atom. The topological polar surface area (TPSA) is 49.3 Å². The van der Waals surface area contributed by atoms with Gasteiger partial charge in [0.05, 0.1) is 12.2 Å². The summed E-state index contributed by atoms with van der Waals surface area (Å²) in [4.78, 5) is 11.6. The van der Waals surface area contributed by atoms with Crippen LogP contribution in [0.25, 0.3) is 0 Å². The molecule has 0 saturated carbocycles. The van der Waals surface area contributed by atoms with Gasteiger partial charge in [-0.25, -0.2) is 4.39 Å². The highest BCUT2D eigenvalue weighted by atomic mass is 19.1. The molecule has 94 valence electrons. The van der Waals surface area contributed by atoms with E-state index in [2.05, 4.69) is 5.32 Å². The van der Waals surface area contributed by atoms with E-state index in [1.807, 2.05) is 20.8 Å². The molecule has 4 heteroatoms. The minimum absolute atomic E-state index is 0.0193. The van der Waals surface area contributed by atoms with Gasteiger partial charge in [-0.1, -0.05) is 26.8 Å². The van der Waals surface area contributed by atoms with Crippen molar-refractivity contribution in [2.45, 2.75) is 26.2 Å². The summed E-state index contributed by atoms with van der Waals surface area (Å²) in [5.74, 6) is -1.05. The Labute approximate surface area is 101 Å². The lowest BCUT2D eigenvalue weighted by Crippen LogP contribution is -2.27. The second-order valence-electron chi connectivity index (χ2n) is 4.92. The standard InChI is InChI=1S/C13H18FNO2/c1-13(2,3)9-4-5-11(14)10(8-9)12(17)15-6-7-16/h4-5,8,16H,6-7H2,1-3H3,(H,15,17). The van der Waals surface area contributed by atoms with E-state index in [4.69, 9.17) is 5.11 Å². The van der Waals surface area contributed by atoms with Crippen molar-refractivity contribution >= 4 is 5.91 Å². The quantitative estimate of drug-likeness (QED) is 0.845. The van der Waals surface area contributed by atoms with E-state index in [1.165, 1.54) is 6.07 Å². The van der Waals surface area contributed by atoms with Gasteiger partial charge < -0.3 is 10.4 Å². The van der Waals surface area contributed by atoms with Crippen molar-refractivity contribution in [3.05, 3.63) is 35.1 Å². The van der Waals surface area contributed by atoms with E-state index in [-0.39, 0.29) is 24.1 Å². The Morgan fingerprint density at radius 1 is 1.41 bits per heavy atom. The Bertz CT molecular complexity index is 410. The largest absolute Gasteiger partial charge is 0.395 e. The lowest BCUT2D eigenvalue weighted by Gasteiger charge is -2.19. The number of halogens is 1. The van der Waals surface area contributed by atoms with Crippen LogP contribution in [-0.2, 0) is 5.41 Å². The first-order valence-corrected chi connectivity index (χ1v) is 5.55. The van der Waals surface area contributed by atoms with Gasteiger partial charge in [0.25, 0.3) is 5.91 Å². The molecule has 0 heterocycles. The summed E-state index contributed by atoms with van der Waals surface area (Å²) in [5.41, 5.74) is 0.776. The molecule has 3 nitrogen and oxygen atoms in total. The number of amides is 1. The molecule has 0 radical (unpaired) electrons. The number of hydrogen-bond donors (Lipinski definition) is 2. The molecule has 0 aliphatic rings. The molecule has 1 amide bonds. The van der Waals surface area contributed by atoms with Crippen molar-refractivity contribution in [2.24, 2.45) is 0 Å². The molecular formula is C13H18FNO2. The lowest BCUT2D eigenvalue weighted by atomic mass is 9.86. The smallest absolute Gasteiger partial charge is 0.254 e. The molecular weight excluding hydrogens is 221 g/mol. The van der Waals surface area contributed by atoms with E-state index >= 15 is 0 Å². The summed E-state index contributed by atoms with van der Waals surface area (Å²) in [5, 5.41) is 11.0. The molecule has 0 aliphatic heterocycles. The monoisotopic (exact) mass is 239 g/mol. The SMILES string of the molecule is CC(C)(C)c1ccc(F)c(C(=O)NCCO)c1. The lowest BCUT2D eigenvalue weighted by molar-refractivity contribution is 0.0940. The Balaban J connectivity index is 3.02. The first-order chi connectivity index (χ1) is 7.86. The van der Waals surface area contributed by atoms with E-state index in [1.54, 1.807) is 12.1 Å². The van der Waals surface area contributed by atoms with Crippen LogP contribution >= 0.6 is 0 Å². The Morgan fingerprint density at radius 2 is 2.06 bits per heavy atom. The molecule has 0 bridgehead atoms. The van der Waals surface area contributed by atoms with Crippen LogP contribution in [0, 0.1) is 5.82 Å². The third kappa shape index (κ3) is 3.53. The third-order valence-electron chi connectivity index (χ3n) is 2.47. The second kappa shape index (κ2) is 5.27. The van der Waals surface area contributed by atoms with E-state index in [0.717, 1.165) is 5.56 Å². The maximum atomic E-state index is 13.5. The van der Waals surface area contributed by atoms with Crippen LogP contribution in [0.1, 0.15) is 36.7 Å². The normalized spacial score (nSPS) is 11.4. The molecule has 1 rings (SSSR count). The number of carbonyl (C=O) groups is 1. The van der Waals surface area contributed by atoms with Crippen LogP contribution in [0.5, 0.6) is 0 Å². The number of nitrogens with one attached hydrogen (secondary N) is 1. The van der Waals surface area contributed by atoms with Crippen LogP contribution in [-0.4, -0.2) is 24.2 Å². The van der Waals surface area contributed by atoms with E-state index < -0.39 is 11.7 Å². The fraction of sp³-hybridized carbons (Fsp3) is 0.462. The number of aliphatic hydroxyl groups is 1. The molecule has 1 aromatic carbocycles. The van der Waals surface area contributed by atoms with Crippen LogP contribution in [0.4, 0.5) is 4.39 Å². The zero-order valence-electron chi connectivity index (χ0n) is 10.4. The fourth-order valence-corrected chi connectivity index (χ4v) is 1.43. The molecule has 1 aromatic rings. The van der Waals surface area contributed by atoms with Crippen LogP contribution in [0.3, 0.4) is 0 Å². The van der Waals surface area contributed by atoms with Crippen molar-refractivity contribution in [2.75, 3.05) is 13.2 Å². The van der Waals surface area contributed by atoms with Crippen molar-refractivity contribution in [1.29, 1.82) is 0 Å². The number of rotatable bonds is 3. The predicted octanol–water partition coefficient (Wildman–Crippen LogP) is 1.85. The summed E-state index contributed by atoms with van der Waals surface area (Å²) in [7, 11) is 0. The molecule has 2 N–H and O–H groups in total. The highest BCUT2D eigenvalue weighted by Crippen LogP contribution is 2.24. The zero-order valence-corrected chi connectivity index (χ0v) is 10.4. The van der Waals surface area contributed by atoms with Gasteiger partial charge in [0, 0.05) is 6.54 Å². The van der Waals surface area contributed by atoms with E-state index in [9.17, 15) is 9.18 Å². The molecule has 0 fully saturated rings. The maximum Gasteiger partial charge on any atom is 0.254 e. The van der Waals surface area contributed by atoms with Crippen molar-refractivity contribution in [3.8, 4) is 0 Å². The van der Waals surface area contributed by atoms with Crippen molar-refractivity contribution < 1.29 is 14.3 Å². The van der Waals surface area contributed by atoms with Gasteiger partial charge in [-0.15, -0.1) is 0 Å². The van der Waals surface area contributed by atoms with E-state index in [0.29, 0.717) is 0 Å². The minimum Gasteiger partial charge on any atom is -0.395 e. The first kappa shape index (κ1) is 13.6. The summed E-state index contributed by atoms with van der Waals surface area (Å²) < 4.78 is 13.5. The predicted molar refractivity (Wildman–Crippen MR) is 64.5 cm³/mol. The average molecular weight is 239 g/mol. The van der Waals surface area contributed by atoms with Crippen molar-refractivity contribution in [3.63, 3.8) is 0 Å². The molecule has 0 unspecified atom stereocenters. The van der Waals surface area contributed by atoms with Gasteiger partial charge >= 0.3 is 0 Å². The van der Waals surface area contributed by atoms with Gasteiger partial charge in [-0.3, -0.25) is 4.79 Å². The minimum atomic E-state index is -0.548. The summed E-state index contributed by atoms with van der Waals surface area (Å²) >= 11 is 0. The average Bonchev–Trinajstić information content (AvgIpc) is 2.24. The van der Waals surface area contributed by atoms with Gasteiger partial charge in [0.2, 0.25) is 0 Å².